The van der Waals surface area contributed by atoms with Crippen LogP contribution in [-0.2, 0) is 0 Å². The van der Waals surface area contributed by atoms with Crippen LogP contribution in [0.1, 0.15) is 34.1 Å². The molecule has 1 saturated heterocycles. The SMILES string of the molecule is O=C(c1cccc(Cl)c1)N1CCCC1c1cccs1. The normalized spacial score (nSPS) is 18.8. The number of halogens is 1. The monoisotopic (exact) mass is 291 g/mol. The van der Waals surface area contributed by atoms with Crippen LogP contribution in [0.15, 0.2) is 41.8 Å². The average molecular weight is 292 g/mol. The van der Waals surface area contributed by atoms with Gasteiger partial charge in [0.25, 0.3) is 5.91 Å². The van der Waals surface area contributed by atoms with Crippen LogP contribution in [0.3, 0.4) is 0 Å². The molecule has 3 rings (SSSR count). The zero-order chi connectivity index (χ0) is 13.2. The van der Waals surface area contributed by atoms with Gasteiger partial charge in [0.2, 0.25) is 0 Å². The largest absolute Gasteiger partial charge is 0.331 e. The van der Waals surface area contributed by atoms with Gasteiger partial charge in [0.05, 0.1) is 6.04 Å². The van der Waals surface area contributed by atoms with Gasteiger partial charge in [0.1, 0.15) is 0 Å². The second-order valence-electron chi connectivity index (χ2n) is 4.68. The molecule has 0 saturated carbocycles. The van der Waals surface area contributed by atoms with Crippen LogP contribution >= 0.6 is 22.9 Å². The topological polar surface area (TPSA) is 20.3 Å². The highest BCUT2D eigenvalue weighted by Gasteiger charge is 2.31. The van der Waals surface area contributed by atoms with Crippen LogP contribution in [-0.4, -0.2) is 17.4 Å². The number of amides is 1. The number of benzene rings is 1. The number of nitrogens with zero attached hydrogens (tertiary/aromatic N) is 1. The highest BCUT2D eigenvalue weighted by molar-refractivity contribution is 7.10. The van der Waals surface area contributed by atoms with Crippen molar-refractivity contribution in [3.8, 4) is 0 Å². The van der Waals surface area contributed by atoms with Crippen molar-refractivity contribution in [2.75, 3.05) is 6.54 Å². The van der Waals surface area contributed by atoms with Crippen molar-refractivity contribution in [3.05, 3.63) is 57.2 Å². The first-order chi connectivity index (χ1) is 9.25. The summed E-state index contributed by atoms with van der Waals surface area (Å²) in [4.78, 5) is 15.8. The Bertz CT molecular complexity index is 582. The smallest absolute Gasteiger partial charge is 0.254 e. The molecule has 1 amide bonds. The fraction of sp³-hybridized carbons (Fsp3) is 0.267. The van der Waals surface area contributed by atoms with Gasteiger partial charge in [-0.3, -0.25) is 4.79 Å². The Morgan fingerprint density at radius 3 is 2.95 bits per heavy atom. The summed E-state index contributed by atoms with van der Waals surface area (Å²) in [5.74, 6) is 0.0819. The maximum Gasteiger partial charge on any atom is 0.254 e. The first-order valence-electron chi connectivity index (χ1n) is 6.35. The Balaban J connectivity index is 1.87. The summed E-state index contributed by atoms with van der Waals surface area (Å²) in [7, 11) is 0. The molecule has 1 aliphatic heterocycles. The molecule has 1 aromatic carbocycles. The fourth-order valence-electron chi connectivity index (χ4n) is 2.57. The molecule has 1 fully saturated rings. The molecular formula is C15H14ClNOS. The van der Waals surface area contributed by atoms with Crippen molar-refractivity contribution in [2.45, 2.75) is 18.9 Å². The van der Waals surface area contributed by atoms with Crippen LogP contribution in [0.25, 0.3) is 0 Å². The second kappa shape index (κ2) is 5.35. The highest BCUT2D eigenvalue weighted by Crippen LogP contribution is 2.35. The number of likely N-dealkylation sites (tertiary alicyclic amines) is 1. The molecule has 19 heavy (non-hydrogen) atoms. The summed E-state index contributed by atoms with van der Waals surface area (Å²) < 4.78 is 0. The van der Waals surface area contributed by atoms with E-state index in [9.17, 15) is 4.79 Å². The van der Waals surface area contributed by atoms with Crippen LogP contribution in [0, 0.1) is 0 Å². The Labute approximate surface area is 121 Å². The number of carbonyl (C=O) groups is 1. The molecule has 1 aromatic heterocycles. The van der Waals surface area contributed by atoms with Crippen molar-refractivity contribution in [1.29, 1.82) is 0 Å². The molecule has 0 spiro atoms. The zero-order valence-corrected chi connectivity index (χ0v) is 12.0. The van der Waals surface area contributed by atoms with E-state index in [2.05, 4.69) is 11.4 Å². The Kier molecular flexibility index (Phi) is 3.58. The van der Waals surface area contributed by atoms with E-state index in [-0.39, 0.29) is 11.9 Å². The maximum atomic E-state index is 12.6. The number of hydrogen-bond donors (Lipinski definition) is 0. The van der Waals surface area contributed by atoms with Crippen molar-refractivity contribution in [3.63, 3.8) is 0 Å². The lowest BCUT2D eigenvalue weighted by atomic mass is 10.1. The lowest BCUT2D eigenvalue weighted by Gasteiger charge is -2.24. The van der Waals surface area contributed by atoms with Gasteiger partial charge in [-0.2, -0.15) is 0 Å². The van der Waals surface area contributed by atoms with Crippen LogP contribution in [0.5, 0.6) is 0 Å². The van der Waals surface area contributed by atoms with E-state index in [1.54, 1.807) is 23.5 Å². The van der Waals surface area contributed by atoms with Gasteiger partial charge >= 0.3 is 0 Å². The zero-order valence-electron chi connectivity index (χ0n) is 10.4. The molecule has 4 heteroatoms. The van der Waals surface area contributed by atoms with Crippen molar-refractivity contribution in [2.24, 2.45) is 0 Å². The number of thiophene rings is 1. The minimum absolute atomic E-state index is 0.0819. The highest BCUT2D eigenvalue weighted by atomic mass is 35.5. The van der Waals surface area contributed by atoms with E-state index in [0.717, 1.165) is 19.4 Å². The van der Waals surface area contributed by atoms with E-state index >= 15 is 0 Å². The van der Waals surface area contributed by atoms with Gasteiger partial charge in [0.15, 0.2) is 0 Å². The molecule has 0 radical (unpaired) electrons. The van der Waals surface area contributed by atoms with Crippen molar-refractivity contribution < 1.29 is 4.79 Å². The summed E-state index contributed by atoms with van der Waals surface area (Å²) in [6, 6.07) is 11.6. The Morgan fingerprint density at radius 2 is 2.21 bits per heavy atom. The van der Waals surface area contributed by atoms with Crippen molar-refractivity contribution >= 4 is 28.8 Å². The lowest BCUT2D eigenvalue weighted by molar-refractivity contribution is 0.0738. The van der Waals surface area contributed by atoms with E-state index < -0.39 is 0 Å². The molecule has 2 heterocycles. The molecule has 2 aromatic rings. The summed E-state index contributed by atoms with van der Waals surface area (Å²) in [6.45, 7) is 0.827. The lowest BCUT2D eigenvalue weighted by Crippen LogP contribution is -2.30. The summed E-state index contributed by atoms with van der Waals surface area (Å²) in [5, 5.41) is 2.67. The van der Waals surface area contributed by atoms with E-state index in [1.807, 2.05) is 23.1 Å². The van der Waals surface area contributed by atoms with Crippen molar-refractivity contribution in [1.82, 2.24) is 4.90 Å². The third-order valence-corrected chi connectivity index (χ3v) is 4.67. The van der Waals surface area contributed by atoms with E-state index in [0.29, 0.717) is 10.6 Å². The molecule has 0 N–H and O–H groups in total. The summed E-state index contributed by atoms with van der Waals surface area (Å²) in [6.07, 6.45) is 2.11. The Morgan fingerprint density at radius 1 is 1.32 bits per heavy atom. The first kappa shape index (κ1) is 12.7. The van der Waals surface area contributed by atoms with Gasteiger partial charge < -0.3 is 4.90 Å². The molecule has 0 bridgehead atoms. The summed E-state index contributed by atoms with van der Waals surface area (Å²) >= 11 is 7.68. The minimum Gasteiger partial charge on any atom is -0.331 e. The van der Waals surface area contributed by atoms with E-state index in [4.69, 9.17) is 11.6 Å². The molecule has 1 unspecified atom stereocenters. The number of carbonyl (C=O) groups excluding carboxylic acids is 1. The molecule has 2 nitrogen and oxygen atoms in total. The molecule has 1 aliphatic rings. The maximum absolute atomic E-state index is 12.6. The predicted molar refractivity (Wildman–Crippen MR) is 78.8 cm³/mol. The fourth-order valence-corrected chi connectivity index (χ4v) is 3.64. The second-order valence-corrected chi connectivity index (χ2v) is 6.10. The number of hydrogen-bond acceptors (Lipinski definition) is 2. The quantitative estimate of drug-likeness (QED) is 0.804. The molecule has 98 valence electrons. The van der Waals surface area contributed by atoms with Crippen LogP contribution in [0.2, 0.25) is 5.02 Å². The molecule has 1 atom stereocenters. The standard InChI is InChI=1S/C15H14ClNOS/c16-12-5-1-4-11(10-12)15(18)17-8-2-6-13(17)14-7-3-9-19-14/h1,3-5,7,9-10,13H,2,6,8H2. The number of rotatable bonds is 2. The Hall–Kier alpha value is -1.32. The van der Waals surface area contributed by atoms with E-state index in [1.165, 1.54) is 4.88 Å². The van der Waals surface area contributed by atoms with Crippen LogP contribution < -0.4 is 0 Å². The third-order valence-electron chi connectivity index (χ3n) is 3.46. The van der Waals surface area contributed by atoms with Gasteiger partial charge in [0, 0.05) is 22.0 Å². The molecular weight excluding hydrogens is 278 g/mol. The predicted octanol–water partition coefficient (Wildman–Crippen LogP) is 4.38. The van der Waals surface area contributed by atoms with Gasteiger partial charge in [-0.15, -0.1) is 11.3 Å². The summed E-state index contributed by atoms with van der Waals surface area (Å²) in [5.41, 5.74) is 0.677. The minimum atomic E-state index is 0.0819. The van der Waals surface area contributed by atoms with Gasteiger partial charge in [-0.1, -0.05) is 23.7 Å². The van der Waals surface area contributed by atoms with Gasteiger partial charge in [-0.25, -0.2) is 0 Å². The average Bonchev–Trinajstić information content (AvgIpc) is 3.08. The van der Waals surface area contributed by atoms with Crippen LogP contribution in [0.4, 0.5) is 0 Å². The van der Waals surface area contributed by atoms with Gasteiger partial charge in [-0.05, 0) is 42.5 Å². The first-order valence-corrected chi connectivity index (χ1v) is 7.61. The third kappa shape index (κ3) is 2.53. The molecule has 0 aliphatic carbocycles.